The first-order valence-corrected chi connectivity index (χ1v) is 6.36. The van der Waals surface area contributed by atoms with E-state index in [0.29, 0.717) is 6.42 Å². The zero-order valence-corrected chi connectivity index (χ0v) is 9.85. The maximum absolute atomic E-state index is 11.1. The molecule has 0 saturated heterocycles. The zero-order valence-electron chi connectivity index (χ0n) is 9.03. The lowest BCUT2D eigenvalue weighted by molar-refractivity contribution is -0.120. The summed E-state index contributed by atoms with van der Waals surface area (Å²) in [6.45, 7) is 2.66. The number of carbonyl (C=O) groups excluding carboxylic acids is 1. The molecule has 0 bridgehead atoms. The SMILES string of the molecule is CCNC(=O)CCSCc1ccccc1. The third-order valence-corrected chi connectivity index (χ3v) is 2.99. The highest BCUT2D eigenvalue weighted by Crippen LogP contribution is 2.12. The van der Waals surface area contributed by atoms with E-state index >= 15 is 0 Å². The molecule has 0 aromatic heterocycles. The topological polar surface area (TPSA) is 29.1 Å². The average molecular weight is 223 g/mol. The molecule has 0 radical (unpaired) electrons. The monoisotopic (exact) mass is 223 g/mol. The number of hydrogen-bond acceptors (Lipinski definition) is 2. The van der Waals surface area contributed by atoms with Crippen LogP contribution >= 0.6 is 11.8 Å². The van der Waals surface area contributed by atoms with Crippen LogP contribution in [0.2, 0.25) is 0 Å². The van der Waals surface area contributed by atoms with Gasteiger partial charge in [-0.1, -0.05) is 30.3 Å². The van der Waals surface area contributed by atoms with Gasteiger partial charge in [0.15, 0.2) is 0 Å². The largest absolute Gasteiger partial charge is 0.356 e. The minimum atomic E-state index is 0.151. The molecule has 15 heavy (non-hydrogen) atoms. The lowest BCUT2D eigenvalue weighted by atomic mass is 10.2. The molecule has 0 spiro atoms. The molecule has 0 saturated carbocycles. The number of amides is 1. The first-order chi connectivity index (χ1) is 7.33. The van der Waals surface area contributed by atoms with E-state index in [1.54, 1.807) is 11.8 Å². The Bertz CT molecular complexity index is 287. The Morgan fingerprint density at radius 2 is 2.07 bits per heavy atom. The maximum atomic E-state index is 11.1. The van der Waals surface area contributed by atoms with Crippen LogP contribution in [0.3, 0.4) is 0 Å². The van der Waals surface area contributed by atoms with Gasteiger partial charge in [0, 0.05) is 24.5 Å². The molecule has 0 fully saturated rings. The Labute approximate surface area is 95.5 Å². The van der Waals surface area contributed by atoms with Gasteiger partial charge in [0.05, 0.1) is 0 Å². The molecule has 1 rings (SSSR count). The van der Waals surface area contributed by atoms with Gasteiger partial charge < -0.3 is 5.32 Å². The molecule has 1 aromatic carbocycles. The highest BCUT2D eigenvalue weighted by Gasteiger charge is 1.99. The van der Waals surface area contributed by atoms with Crippen molar-refractivity contribution in [1.29, 1.82) is 0 Å². The summed E-state index contributed by atoms with van der Waals surface area (Å²) in [5.41, 5.74) is 1.32. The lowest BCUT2D eigenvalue weighted by Crippen LogP contribution is -2.22. The number of hydrogen-bond donors (Lipinski definition) is 1. The molecule has 0 aliphatic carbocycles. The van der Waals surface area contributed by atoms with E-state index in [2.05, 4.69) is 17.4 Å². The molecular weight excluding hydrogens is 206 g/mol. The van der Waals surface area contributed by atoms with Crippen LogP contribution in [-0.4, -0.2) is 18.2 Å². The minimum absolute atomic E-state index is 0.151. The van der Waals surface area contributed by atoms with Gasteiger partial charge in [-0.2, -0.15) is 11.8 Å². The number of thioether (sulfide) groups is 1. The van der Waals surface area contributed by atoms with Crippen molar-refractivity contribution in [3.63, 3.8) is 0 Å². The zero-order chi connectivity index (χ0) is 10.9. The molecule has 0 aliphatic heterocycles. The van der Waals surface area contributed by atoms with E-state index < -0.39 is 0 Å². The second-order valence-electron chi connectivity index (χ2n) is 3.24. The molecule has 0 unspecified atom stereocenters. The van der Waals surface area contributed by atoms with Crippen LogP contribution in [0.1, 0.15) is 18.9 Å². The summed E-state index contributed by atoms with van der Waals surface area (Å²) < 4.78 is 0. The predicted octanol–water partition coefficient (Wildman–Crippen LogP) is 2.45. The van der Waals surface area contributed by atoms with Crippen molar-refractivity contribution in [1.82, 2.24) is 5.32 Å². The summed E-state index contributed by atoms with van der Waals surface area (Å²) in [6, 6.07) is 10.3. The van der Waals surface area contributed by atoms with Gasteiger partial charge in [0.1, 0.15) is 0 Å². The van der Waals surface area contributed by atoms with Crippen molar-refractivity contribution in [2.75, 3.05) is 12.3 Å². The molecule has 0 atom stereocenters. The summed E-state index contributed by atoms with van der Waals surface area (Å²) in [6.07, 6.45) is 0.616. The third-order valence-electron chi connectivity index (χ3n) is 1.96. The Balaban J connectivity index is 2.10. The highest BCUT2D eigenvalue weighted by molar-refractivity contribution is 7.98. The summed E-state index contributed by atoms with van der Waals surface area (Å²) in [5.74, 6) is 2.03. The Hall–Kier alpha value is -0.960. The molecular formula is C12H17NOS. The van der Waals surface area contributed by atoms with Gasteiger partial charge in [-0.05, 0) is 12.5 Å². The minimum Gasteiger partial charge on any atom is -0.356 e. The Kier molecular flexibility index (Phi) is 5.93. The van der Waals surface area contributed by atoms with E-state index in [0.717, 1.165) is 18.1 Å². The Morgan fingerprint density at radius 1 is 1.33 bits per heavy atom. The van der Waals surface area contributed by atoms with Gasteiger partial charge >= 0.3 is 0 Å². The van der Waals surface area contributed by atoms with E-state index in [4.69, 9.17) is 0 Å². The van der Waals surface area contributed by atoms with Gasteiger partial charge in [-0.3, -0.25) is 4.79 Å². The average Bonchev–Trinajstić information content (AvgIpc) is 2.26. The number of rotatable bonds is 6. The molecule has 2 nitrogen and oxygen atoms in total. The lowest BCUT2D eigenvalue weighted by Gasteiger charge is -2.02. The van der Waals surface area contributed by atoms with Crippen molar-refractivity contribution < 1.29 is 4.79 Å². The van der Waals surface area contributed by atoms with Crippen molar-refractivity contribution in [2.24, 2.45) is 0 Å². The molecule has 3 heteroatoms. The number of nitrogens with one attached hydrogen (secondary N) is 1. The van der Waals surface area contributed by atoms with Crippen LogP contribution in [0.5, 0.6) is 0 Å². The number of benzene rings is 1. The van der Waals surface area contributed by atoms with Crippen molar-refractivity contribution in [2.45, 2.75) is 19.1 Å². The number of carbonyl (C=O) groups is 1. The smallest absolute Gasteiger partial charge is 0.220 e. The van der Waals surface area contributed by atoms with Gasteiger partial charge in [0.25, 0.3) is 0 Å². The van der Waals surface area contributed by atoms with E-state index in [9.17, 15) is 4.79 Å². The second-order valence-corrected chi connectivity index (χ2v) is 4.35. The molecule has 0 heterocycles. The van der Waals surface area contributed by atoms with Crippen molar-refractivity contribution in [3.8, 4) is 0 Å². The molecule has 0 aliphatic rings. The van der Waals surface area contributed by atoms with Crippen LogP contribution in [0.15, 0.2) is 30.3 Å². The highest BCUT2D eigenvalue weighted by atomic mass is 32.2. The molecule has 82 valence electrons. The fraction of sp³-hybridized carbons (Fsp3) is 0.417. The fourth-order valence-electron chi connectivity index (χ4n) is 1.21. The maximum Gasteiger partial charge on any atom is 0.220 e. The van der Waals surface area contributed by atoms with Crippen LogP contribution < -0.4 is 5.32 Å². The van der Waals surface area contributed by atoms with Gasteiger partial charge in [-0.25, -0.2) is 0 Å². The predicted molar refractivity (Wildman–Crippen MR) is 65.9 cm³/mol. The van der Waals surface area contributed by atoms with Crippen LogP contribution in [0.4, 0.5) is 0 Å². The first kappa shape index (κ1) is 12.1. The third kappa shape index (κ3) is 5.47. The van der Waals surface area contributed by atoms with E-state index in [1.165, 1.54) is 5.56 Å². The fourth-order valence-corrected chi connectivity index (χ4v) is 2.12. The summed E-state index contributed by atoms with van der Waals surface area (Å²) in [7, 11) is 0. The second kappa shape index (κ2) is 7.35. The summed E-state index contributed by atoms with van der Waals surface area (Å²) in [5, 5.41) is 2.79. The van der Waals surface area contributed by atoms with E-state index in [-0.39, 0.29) is 5.91 Å². The van der Waals surface area contributed by atoms with Crippen LogP contribution in [0.25, 0.3) is 0 Å². The normalized spacial score (nSPS) is 9.93. The van der Waals surface area contributed by atoms with Crippen LogP contribution in [0, 0.1) is 0 Å². The van der Waals surface area contributed by atoms with Crippen LogP contribution in [-0.2, 0) is 10.5 Å². The van der Waals surface area contributed by atoms with Crippen molar-refractivity contribution in [3.05, 3.63) is 35.9 Å². The van der Waals surface area contributed by atoms with Gasteiger partial charge in [0.2, 0.25) is 5.91 Å². The van der Waals surface area contributed by atoms with E-state index in [1.807, 2.05) is 25.1 Å². The molecule has 1 amide bonds. The first-order valence-electron chi connectivity index (χ1n) is 5.21. The van der Waals surface area contributed by atoms with Gasteiger partial charge in [-0.15, -0.1) is 0 Å². The Morgan fingerprint density at radius 3 is 2.73 bits per heavy atom. The molecule has 1 N–H and O–H groups in total. The quantitative estimate of drug-likeness (QED) is 0.751. The molecule has 1 aromatic rings. The van der Waals surface area contributed by atoms with Crippen molar-refractivity contribution >= 4 is 17.7 Å². The summed E-state index contributed by atoms with van der Waals surface area (Å²) in [4.78, 5) is 11.1. The standard InChI is InChI=1S/C12H17NOS/c1-2-13-12(14)8-9-15-10-11-6-4-3-5-7-11/h3-7H,2,8-10H2,1H3,(H,13,14). The summed E-state index contributed by atoms with van der Waals surface area (Å²) >= 11 is 1.80.